The van der Waals surface area contributed by atoms with E-state index >= 15 is 0 Å². The minimum absolute atomic E-state index is 0.220. The van der Waals surface area contributed by atoms with Crippen molar-refractivity contribution in [2.45, 2.75) is 13.8 Å². The fraction of sp³-hybridized carbons (Fsp3) is 0.261. The maximum absolute atomic E-state index is 12.8. The van der Waals surface area contributed by atoms with Gasteiger partial charge in [0, 0.05) is 10.2 Å². The molecule has 0 bridgehead atoms. The van der Waals surface area contributed by atoms with Crippen LogP contribution in [0.25, 0.3) is 6.08 Å². The largest absolute Gasteiger partial charge is 0.493 e. The Hall–Kier alpha value is -2.49. The number of halogens is 2. The third kappa shape index (κ3) is 6.52. The molecule has 0 spiro atoms. The van der Waals surface area contributed by atoms with Gasteiger partial charge >= 0.3 is 0 Å². The van der Waals surface area contributed by atoms with E-state index in [0.29, 0.717) is 44.8 Å². The number of carbonyl (C=O) groups is 3. The van der Waals surface area contributed by atoms with Crippen molar-refractivity contribution in [3.05, 3.63) is 56.4 Å². The summed E-state index contributed by atoms with van der Waals surface area (Å²) in [7, 11) is 1.53. The quantitative estimate of drug-likeness (QED) is 0.415. The van der Waals surface area contributed by atoms with E-state index in [1.165, 1.54) is 7.11 Å². The second-order valence-corrected chi connectivity index (χ2v) is 9.81. The normalized spacial score (nSPS) is 14.8. The molecule has 1 saturated heterocycles. The number of hydrogen-bond donors (Lipinski definition) is 1. The van der Waals surface area contributed by atoms with Crippen LogP contribution in [0.5, 0.6) is 11.5 Å². The first-order valence-electron chi connectivity index (χ1n) is 9.99. The topological polar surface area (TPSA) is 84.9 Å². The van der Waals surface area contributed by atoms with Gasteiger partial charge in [-0.2, -0.15) is 0 Å². The molecule has 3 rings (SSSR count). The van der Waals surface area contributed by atoms with E-state index in [0.717, 1.165) is 16.7 Å². The highest BCUT2D eigenvalue weighted by atomic mass is 79.9. The molecule has 1 N–H and O–H groups in total. The van der Waals surface area contributed by atoms with Crippen LogP contribution in [0.1, 0.15) is 19.4 Å². The van der Waals surface area contributed by atoms with E-state index < -0.39 is 23.6 Å². The van der Waals surface area contributed by atoms with Gasteiger partial charge in [-0.3, -0.25) is 19.3 Å². The number of ether oxygens (including phenoxy) is 2. The van der Waals surface area contributed by atoms with E-state index in [1.54, 1.807) is 42.5 Å². The Labute approximate surface area is 209 Å². The van der Waals surface area contributed by atoms with Gasteiger partial charge in [0.15, 0.2) is 11.5 Å². The van der Waals surface area contributed by atoms with Gasteiger partial charge in [-0.1, -0.05) is 31.5 Å². The summed E-state index contributed by atoms with van der Waals surface area (Å²) in [6, 6.07) is 10.2. The van der Waals surface area contributed by atoms with Crippen LogP contribution in [-0.2, 0) is 9.59 Å². The average molecular weight is 554 g/mol. The number of amides is 3. The SMILES string of the molecule is COc1cc(/C=C2\SC(=O)N(CC(=O)Nc3ccc(Br)c(Cl)c3)C2=O)ccc1OCC(C)C. The summed E-state index contributed by atoms with van der Waals surface area (Å²) in [6.45, 7) is 4.24. The standard InChI is InChI=1S/C23H22BrClN2O5S/c1-13(2)12-32-18-7-4-14(8-19(18)31-3)9-20-22(29)27(23(30)33-20)11-21(28)26-15-5-6-16(24)17(25)10-15/h4-10,13H,11-12H2,1-3H3,(H,26,28)/b20-9-. The molecule has 0 atom stereocenters. The lowest BCUT2D eigenvalue weighted by molar-refractivity contribution is -0.127. The van der Waals surface area contributed by atoms with Crippen molar-refractivity contribution < 1.29 is 23.9 Å². The summed E-state index contributed by atoms with van der Waals surface area (Å²) in [5.41, 5.74) is 1.13. The molecule has 10 heteroatoms. The number of imide groups is 1. The molecule has 2 aromatic rings. The highest BCUT2D eigenvalue weighted by Crippen LogP contribution is 2.34. The number of anilines is 1. The van der Waals surface area contributed by atoms with Gasteiger partial charge in [0.1, 0.15) is 6.54 Å². The first-order valence-corrected chi connectivity index (χ1v) is 12.0. The summed E-state index contributed by atoms with van der Waals surface area (Å²) in [4.78, 5) is 38.6. The smallest absolute Gasteiger partial charge is 0.294 e. The van der Waals surface area contributed by atoms with Gasteiger partial charge in [0.25, 0.3) is 11.1 Å². The molecular weight excluding hydrogens is 532 g/mol. The predicted octanol–water partition coefficient (Wildman–Crippen LogP) is 5.82. The van der Waals surface area contributed by atoms with Crippen LogP contribution in [0.4, 0.5) is 10.5 Å². The highest BCUT2D eigenvalue weighted by Gasteiger charge is 2.36. The highest BCUT2D eigenvalue weighted by molar-refractivity contribution is 9.10. The summed E-state index contributed by atoms with van der Waals surface area (Å²) >= 11 is 10.1. The lowest BCUT2D eigenvalue weighted by Gasteiger charge is -2.13. The van der Waals surface area contributed by atoms with Crippen molar-refractivity contribution in [2.24, 2.45) is 5.92 Å². The van der Waals surface area contributed by atoms with Gasteiger partial charge in [-0.15, -0.1) is 0 Å². The van der Waals surface area contributed by atoms with Gasteiger partial charge in [0.05, 0.1) is 23.6 Å². The third-order valence-corrected chi connectivity index (χ3v) is 6.58. The Kier molecular flexibility index (Phi) is 8.45. The molecule has 0 unspecified atom stereocenters. The van der Waals surface area contributed by atoms with Crippen molar-refractivity contribution in [3.63, 3.8) is 0 Å². The zero-order chi connectivity index (χ0) is 24.1. The van der Waals surface area contributed by atoms with Gasteiger partial charge < -0.3 is 14.8 Å². The lowest BCUT2D eigenvalue weighted by atomic mass is 10.1. The average Bonchev–Trinajstić information content (AvgIpc) is 3.02. The van der Waals surface area contributed by atoms with E-state index in [2.05, 4.69) is 21.2 Å². The van der Waals surface area contributed by atoms with Crippen LogP contribution in [0.2, 0.25) is 5.02 Å². The molecule has 7 nitrogen and oxygen atoms in total. The molecule has 0 aliphatic carbocycles. The molecule has 3 amide bonds. The van der Waals surface area contributed by atoms with Crippen molar-refractivity contribution in [2.75, 3.05) is 25.6 Å². The third-order valence-electron chi connectivity index (χ3n) is 4.44. The van der Waals surface area contributed by atoms with Crippen molar-refractivity contribution >= 4 is 68.1 Å². The Bertz CT molecular complexity index is 1120. The Morgan fingerprint density at radius 2 is 1.97 bits per heavy atom. The molecule has 2 aromatic carbocycles. The van der Waals surface area contributed by atoms with Gasteiger partial charge in [0.2, 0.25) is 5.91 Å². The summed E-state index contributed by atoms with van der Waals surface area (Å²) in [5.74, 6) is 0.439. The molecule has 1 aliphatic rings. The zero-order valence-electron chi connectivity index (χ0n) is 18.2. The van der Waals surface area contributed by atoms with Crippen LogP contribution in [-0.4, -0.2) is 42.2 Å². The Balaban J connectivity index is 1.70. The molecule has 174 valence electrons. The van der Waals surface area contributed by atoms with Crippen molar-refractivity contribution in [3.8, 4) is 11.5 Å². The monoisotopic (exact) mass is 552 g/mol. The Morgan fingerprint density at radius 1 is 1.21 bits per heavy atom. The second-order valence-electron chi connectivity index (χ2n) is 7.56. The number of nitrogens with one attached hydrogen (secondary N) is 1. The number of nitrogens with zero attached hydrogens (tertiary/aromatic N) is 1. The summed E-state index contributed by atoms with van der Waals surface area (Å²) < 4.78 is 11.8. The second kappa shape index (κ2) is 11.1. The lowest BCUT2D eigenvalue weighted by Crippen LogP contribution is -2.36. The van der Waals surface area contributed by atoms with Crippen LogP contribution in [0.3, 0.4) is 0 Å². The number of hydrogen-bond acceptors (Lipinski definition) is 6. The van der Waals surface area contributed by atoms with Crippen LogP contribution < -0.4 is 14.8 Å². The number of carbonyl (C=O) groups excluding carboxylic acids is 3. The van der Waals surface area contributed by atoms with Crippen LogP contribution in [0.15, 0.2) is 45.8 Å². The first-order chi connectivity index (χ1) is 15.7. The number of thioether (sulfide) groups is 1. The van der Waals surface area contributed by atoms with E-state index in [9.17, 15) is 14.4 Å². The number of benzene rings is 2. The summed E-state index contributed by atoms with van der Waals surface area (Å²) in [6.07, 6.45) is 1.59. The molecule has 0 radical (unpaired) electrons. The molecular formula is C23H22BrClN2O5S. The fourth-order valence-electron chi connectivity index (χ4n) is 2.86. The minimum Gasteiger partial charge on any atom is -0.493 e. The van der Waals surface area contributed by atoms with E-state index in [-0.39, 0.29) is 4.91 Å². The molecule has 1 aliphatic heterocycles. The molecule has 1 heterocycles. The molecule has 0 saturated carbocycles. The summed E-state index contributed by atoms with van der Waals surface area (Å²) in [5, 5.41) is 2.55. The minimum atomic E-state index is -0.534. The molecule has 1 fully saturated rings. The van der Waals surface area contributed by atoms with Crippen LogP contribution >= 0.6 is 39.3 Å². The first kappa shape index (κ1) is 25.1. The van der Waals surface area contributed by atoms with Gasteiger partial charge in [-0.05, 0) is 75.6 Å². The fourth-order valence-corrected chi connectivity index (χ4v) is 4.12. The van der Waals surface area contributed by atoms with Crippen molar-refractivity contribution in [1.82, 2.24) is 4.90 Å². The number of methoxy groups -OCH3 is 1. The maximum atomic E-state index is 12.8. The van der Waals surface area contributed by atoms with Gasteiger partial charge in [-0.25, -0.2) is 0 Å². The zero-order valence-corrected chi connectivity index (χ0v) is 21.3. The molecule has 33 heavy (non-hydrogen) atoms. The number of rotatable bonds is 8. The van der Waals surface area contributed by atoms with E-state index in [4.69, 9.17) is 21.1 Å². The van der Waals surface area contributed by atoms with E-state index in [1.807, 2.05) is 13.8 Å². The predicted molar refractivity (Wildman–Crippen MR) is 134 cm³/mol. The molecule has 0 aromatic heterocycles. The van der Waals surface area contributed by atoms with Crippen molar-refractivity contribution in [1.29, 1.82) is 0 Å². The maximum Gasteiger partial charge on any atom is 0.294 e. The van der Waals surface area contributed by atoms with Crippen LogP contribution in [0, 0.1) is 5.92 Å². The Morgan fingerprint density at radius 3 is 2.64 bits per heavy atom.